The summed E-state index contributed by atoms with van der Waals surface area (Å²) in [6, 6.07) is 3.66. The van der Waals surface area contributed by atoms with E-state index in [0.29, 0.717) is 23.9 Å². The third kappa shape index (κ3) is 5.09. The van der Waals surface area contributed by atoms with Gasteiger partial charge < -0.3 is 9.73 Å². The number of piperidine rings is 1. The Kier molecular flexibility index (Phi) is 6.15. The highest BCUT2D eigenvalue weighted by Crippen LogP contribution is 2.15. The number of carbonyl (C=O) groups excluding carboxylic acids is 1. The van der Waals surface area contributed by atoms with Gasteiger partial charge in [0.2, 0.25) is 0 Å². The number of nitrogens with zero attached hydrogens (tertiary/aromatic N) is 3. The molecule has 2 aromatic rings. The van der Waals surface area contributed by atoms with Crippen molar-refractivity contribution >= 4 is 17.5 Å². The van der Waals surface area contributed by atoms with Gasteiger partial charge in [0.1, 0.15) is 5.76 Å². The predicted octanol–water partition coefficient (Wildman–Crippen LogP) is 3.24. The summed E-state index contributed by atoms with van der Waals surface area (Å²) in [7, 11) is 0. The molecule has 3 heterocycles. The van der Waals surface area contributed by atoms with E-state index in [1.165, 1.54) is 19.3 Å². The summed E-state index contributed by atoms with van der Waals surface area (Å²) in [5, 5.41) is 7.85. The van der Waals surface area contributed by atoms with Gasteiger partial charge in [0.15, 0.2) is 5.76 Å². The molecule has 0 unspecified atom stereocenters. The molecule has 1 amide bonds. The molecule has 6 nitrogen and oxygen atoms in total. The standard InChI is InChI=1S/C18H25ClN4O2/c1-14-16(19)13-23(21-14)11-5-8-20-18(24)17-7-6-15(25-17)12-22-9-3-2-4-10-22/h6-7,13H,2-5,8-12H2,1H3,(H,20,24). The normalized spacial score (nSPS) is 15.4. The van der Waals surface area contributed by atoms with Crippen LogP contribution in [0.4, 0.5) is 0 Å². The molecule has 0 radical (unpaired) electrons. The lowest BCUT2D eigenvalue weighted by Gasteiger charge is -2.25. The number of nitrogens with one attached hydrogen (secondary N) is 1. The molecule has 0 bridgehead atoms. The van der Waals surface area contributed by atoms with Crippen LogP contribution in [-0.2, 0) is 13.1 Å². The molecule has 1 N–H and O–H groups in total. The molecule has 0 spiro atoms. The minimum absolute atomic E-state index is 0.167. The van der Waals surface area contributed by atoms with Gasteiger partial charge in [0.25, 0.3) is 5.91 Å². The van der Waals surface area contributed by atoms with Crippen molar-refractivity contribution in [3.05, 3.63) is 40.6 Å². The average molecular weight is 365 g/mol. The topological polar surface area (TPSA) is 63.3 Å². The van der Waals surface area contributed by atoms with Crippen LogP contribution in [0.2, 0.25) is 5.02 Å². The van der Waals surface area contributed by atoms with Crippen LogP contribution in [0.15, 0.2) is 22.7 Å². The van der Waals surface area contributed by atoms with Gasteiger partial charge in [0, 0.05) is 19.3 Å². The van der Waals surface area contributed by atoms with Crippen molar-refractivity contribution in [3.8, 4) is 0 Å². The smallest absolute Gasteiger partial charge is 0.286 e. The summed E-state index contributed by atoms with van der Waals surface area (Å²) in [4.78, 5) is 14.5. The maximum Gasteiger partial charge on any atom is 0.286 e. The zero-order valence-electron chi connectivity index (χ0n) is 14.6. The molecule has 3 rings (SSSR count). The summed E-state index contributed by atoms with van der Waals surface area (Å²) in [5.74, 6) is 1.07. The second-order valence-electron chi connectivity index (χ2n) is 6.54. The molecule has 0 aromatic carbocycles. The van der Waals surface area contributed by atoms with Gasteiger partial charge in [-0.3, -0.25) is 14.4 Å². The molecule has 1 aliphatic rings. The summed E-state index contributed by atoms with van der Waals surface area (Å²) in [6.07, 6.45) is 6.39. The number of likely N-dealkylation sites (tertiary alicyclic amines) is 1. The summed E-state index contributed by atoms with van der Waals surface area (Å²) in [6.45, 7) is 6.16. The molecule has 1 fully saturated rings. The lowest BCUT2D eigenvalue weighted by Crippen LogP contribution is -2.29. The highest BCUT2D eigenvalue weighted by atomic mass is 35.5. The molecule has 7 heteroatoms. The van der Waals surface area contributed by atoms with E-state index in [2.05, 4.69) is 15.3 Å². The molecular weight excluding hydrogens is 340 g/mol. The molecular formula is C18H25ClN4O2. The van der Waals surface area contributed by atoms with Crippen molar-refractivity contribution in [1.29, 1.82) is 0 Å². The van der Waals surface area contributed by atoms with Gasteiger partial charge in [-0.15, -0.1) is 0 Å². The van der Waals surface area contributed by atoms with Crippen molar-refractivity contribution in [1.82, 2.24) is 20.0 Å². The quantitative estimate of drug-likeness (QED) is 0.766. The second kappa shape index (κ2) is 8.54. The van der Waals surface area contributed by atoms with Gasteiger partial charge in [-0.1, -0.05) is 18.0 Å². The number of rotatable bonds is 7. The van der Waals surface area contributed by atoms with E-state index < -0.39 is 0 Å². The van der Waals surface area contributed by atoms with Gasteiger partial charge in [-0.05, 0) is 51.4 Å². The van der Waals surface area contributed by atoms with Crippen molar-refractivity contribution in [2.45, 2.75) is 45.7 Å². The maximum atomic E-state index is 12.2. The van der Waals surface area contributed by atoms with Crippen LogP contribution in [0, 0.1) is 6.92 Å². The van der Waals surface area contributed by atoms with E-state index in [-0.39, 0.29) is 5.91 Å². The molecule has 0 atom stereocenters. The predicted molar refractivity (Wildman–Crippen MR) is 96.8 cm³/mol. The van der Waals surface area contributed by atoms with Crippen LogP contribution in [0.1, 0.15) is 47.7 Å². The third-order valence-corrected chi connectivity index (χ3v) is 4.82. The fourth-order valence-corrected chi connectivity index (χ4v) is 3.21. The number of carbonyl (C=O) groups is 1. The molecule has 25 heavy (non-hydrogen) atoms. The van der Waals surface area contributed by atoms with Crippen molar-refractivity contribution in [2.75, 3.05) is 19.6 Å². The molecule has 1 saturated heterocycles. The average Bonchev–Trinajstić information content (AvgIpc) is 3.19. The Balaban J connectivity index is 1.40. The lowest BCUT2D eigenvalue weighted by molar-refractivity contribution is 0.0920. The van der Waals surface area contributed by atoms with Crippen LogP contribution in [0.5, 0.6) is 0 Å². The zero-order valence-corrected chi connectivity index (χ0v) is 15.4. The number of hydrogen-bond donors (Lipinski definition) is 1. The third-order valence-electron chi connectivity index (χ3n) is 4.45. The maximum absolute atomic E-state index is 12.2. The minimum atomic E-state index is -0.167. The first-order chi connectivity index (χ1) is 12.1. The first kappa shape index (κ1) is 18.0. The van der Waals surface area contributed by atoms with Crippen LogP contribution < -0.4 is 5.32 Å². The van der Waals surface area contributed by atoms with Crippen LogP contribution in [-0.4, -0.2) is 40.2 Å². The highest BCUT2D eigenvalue weighted by Gasteiger charge is 2.15. The minimum Gasteiger partial charge on any atom is -0.455 e. The Labute approximate surface area is 153 Å². The van der Waals surface area contributed by atoms with Gasteiger partial charge in [-0.2, -0.15) is 5.10 Å². The van der Waals surface area contributed by atoms with Crippen molar-refractivity contribution in [3.63, 3.8) is 0 Å². The van der Waals surface area contributed by atoms with Gasteiger partial charge in [0.05, 0.1) is 17.3 Å². The Bertz CT molecular complexity index is 684. The summed E-state index contributed by atoms with van der Waals surface area (Å²) in [5.41, 5.74) is 0.822. The Hall–Kier alpha value is -1.79. The van der Waals surface area contributed by atoms with Crippen molar-refractivity contribution < 1.29 is 9.21 Å². The van der Waals surface area contributed by atoms with Crippen LogP contribution >= 0.6 is 11.6 Å². The highest BCUT2D eigenvalue weighted by molar-refractivity contribution is 6.31. The Morgan fingerprint density at radius 2 is 2.12 bits per heavy atom. The Morgan fingerprint density at radius 1 is 1.32 bits per heavy atom. The van der Waals surface area contributed by atoms with Gasteiger partial charge >= 0.3 is 0 Å². The number of hydrogen-bond acceptors (Lipinski definition) is 4. The SMILES string of the molecule is Cc1nn(CCCNC(=O)c2ccc(CN3CCCCC3)o2)cc1Cl. The summed E-state index contributed by atoms with van der Waals surface area (Å²) >= 11 is 5.98. The summed E-state index contributed by atoms with van der Waals surface area (Å²) < 4.78 is 7.49. The van der Waals surface area contributed by atoms with E-state index in [4.69, 9.17) is 16.0 Å². The number of amides is 1. The van der Waals surface area contributed by atoms with E-state index >= 15 is 0 Å². The zero-order chi connectivity index (χ0) is 17.6. The van der Waals surface area contributed by atoms with Crippen LogP contribution in [0.3, 0.4) is 0 Å². The molecule has 0 saturated carbocycles. The van der Waals surface area contributed by atoms with E-state index in [1.54, 1.807) is 16.9 Å². The monoisotopic (exact) mass is 364 g/mol. The number of halogens is 1. The molecule has 136 valence electrons. The van der Waals surface area contributed by atoms with E-state index in [0.717, 1.165) is 37.5 Å². The van der Waals surface area contributed by atoms with E-state index in [9.17, 15) is 4.79 Å². The molecule has 1 aliphatic heterocycles. The first-order valence-corrected chi connectivity index (χ1v) is 9.28. The fraction of sp³-hybridized carbons (Fsp3) is 0.556. The second-order valence-corrected chi connectivity index (χ2v) is 6.94. The lowest BCUT2D eigenvalue weighted by atomic mass is 10.1. The number of furan rings is 1. The van der Waals surface area contributed by atoms with Crippen LogP contribution in [0.25, 0.3) is 0 Å². The number of aryl methyl sites for hydroxylation is 2. The molecule has 0 aliphatic carbocycles. The fourth-order valence-electron chi connectivity index (χ4n) is 3.06. The van der Waals surface area contributed by atoms with Gasteiger partial charge in [-0.25, -0.2) is 0 Å². The first-order valence-electron chi connectivity index (χ1n) is 8.90. The van der Waals surface area contributed by atoms with E-state index in [1.807, 2.05) is 13.0 Å². The Morgan fingerprint density at radius 3 is 2.84 bits per heavy atom. The number of aromatic nitrogens is 2. The van der Waals surface area contributed by atoms with Crippen molar-refractivity contribution in [2.24, 2.45) is 0 Å². The largest absolute Gasteiger partial charge is 0.455 e. The molecule has 2 aromatic heterocycles.